The molecule has 0 aliphatic carbocycles. The Morgan fingerprint density at radius 3 is 2.86 bits per heavy atom. The van der Waals surface area contributed by atoms with E-state index in [-0.39, 0.29) is 6.04 Å². The summed E-state index contributed by atoms with van der Waals surface area (Å²) in [5.41, 5.74) is 2.86. The zero-order valence-corrected chi connectivity index (χ0v) is 11.9. The van der Waals surface area contributed by atoms with E-state index in [0.29, 0.717) is 5.82 Å². The van der Waals surface area contributed by atoms with Gasteiger partial charge in [0.05, 0.1) is 17.9 Å². The number of rotatable bonds is 4. The van der Waals surface area contributed by atoms with Gasteiger partial charge >= 0.3 is 0 Å². The third-order valence-electron chi connectivity index (χ3n) is 3.13. The number of nitrogens with zero attached hydrogens (tertiary/aromatic N) is 4. The molecule has 0 fully saturated rings. The first-order valence-electron chi connectivity index (χ1n) is 6.74. The van der Waals surface area contributed by atoms with Crippen molar-refractivity contribution in [2.24, 2.45) is 0 Å². The summed E-state index contributed by atoms with van der Waals surface area (Å²) in [7, 11) is 0. The van der Waals surface area contributed by atoms with Crippen LogP contribution in [0.25, 0.3) is 11.4 Å². The summed E-state index contributed by atoms with van der Waals surface area (Å²) < 4.78 is 0. The lowest BCUT2D eigenvalue weighted by molar-refractivity contribution is 0.827. The Morgan fingerprint density at radius 1 is 1.24 bits per heavy atom. The van der Waals surface area contributed by atoms with Crippen LogP contribution in [0.3, 0.4) is 0 Å². The van der Waals surface area contributed by atoms with Crippen LogP contribution in [-0.4, -0.2) is 25.1 Å². The van der Waals surface area contributed by atoms with Crippen molar-refractivity contribution in [1.82, 2.24) is 25.1 Å². The molecule has 0 spiro atoms. The number of hydrogen-bond acceptors (Lipinski definition) is 5. The number of nitrogens with one attached hydrogen (secondary N) is 2. The molecule has 0 radical (unpaired) electrons. The highest BCUT2D eigenvalue weighted by atomic mass is 15.2. The molecule has 3 aromatic rings. The maximum Gasteiger partial charge on any atom is 0.181 e. The summed E-state index contributed by atoms with van der Waals surface area (Å²) in [6.45, 7) is 3.93. The fourth-order valence-corrected chi connectivity index (χ4v) is 2.08. The predicted octanol–water partition coefficient (Wildman–Crippen LogP) is 2.74. The molecule has 3 rings (SSSR count). The van der Waals surface area contributed by atoms with Gasteiger partial charge in [-0.25, -0.2) is 4.98 Å². The molecule has 2 heterocycles. The van der Waals surface area contributed by atoms with Crippen LogP contribution in [0.1, 0.15) is 24.5 Å². The van der Waals surface area contributed by atoms with E-state index < -0.39 is 0 Å². The lowest BCUT2D eigenvalue weighted by atomic mass is 10.1. The molecule has 6 heteroatoms. The molecule has 0 saturated carbocycles. The first kappa shape index (κ1) is 13.2. The van der Waals surface area contributed by atoms with Gasteiger partial charge in [0.2, 0.25) is 0 Å². The maximum atomic E-state index is 4.34. The van der Waals surface area contributed by atoms with Crippen LogP contribution in [0.15, 0.2) is 42.9 Å². The topological polar surface area (TPSA) is 79.4 Å². The number of hydrogen-bond donors (Lipinski definition) is 2. The number of aromatic nitrogens is 5. The minimum atomic E-state index is 0.0721. The molecule has 1 aromatic carbocycles. The van der Waals surface area contributed by atoms with Gasteiger partial charge in [-0.15, -0.1) is 0 Å². The number of aryl methyl sites for hydroxylation is 1. The molecule has 0 aliphatic heterocycles. The predicted molar refractivity (Wildman–Crippen MR) is 80.6 cm³/mol. The fourth-order valence-electron chi connectivity index (χ4n) is 2.08. The number of anilines is 1. The van der Waals surface area contributed by atoms with Gasteiger partial charge in [-0.3, -0.25) is 15.1 Å². The van der Waals surface area contributed by atoms with E-state index >= 15 is 0 Å². The second-order valence-corrected chi connectivity index (χ2v) is 4.82. The molecule has 1 atom stereocenters. The van der Waals surface area contributed by atoms with Gasteiger partial charge in [-0.05, 0) is 26.0 Å². The van der Waals surface area contributed by atoms with Gasteiger partial charge in [0, 0.05) is 23.6 Å². The molecule has 1 unspecified atom stereocenters. The van der Waals surface area contributed by atoms with Crippen molar-refractivity contribution in [3.8, 4) is 11.4 Å². The van der Waals surface area contributed by atoms with E-state index in [1.807, 2.05) is 38.1 Å². The second-order valence-electron chi connectivity index (χ2n) is 4.82. The lowest BCUT2D eigenvalue weighted by Crippen LogP contribution is -2.08. The average molecular weight is 280 g/mol. The van der Waals surface area contributed by atoms with Crippen molar-refractivity contribution in [2.75, 3.05) is 5.32 Å². The number of aromatic amines is 1. The largest absolute Gasteiger partial charge is 0.377 e. The molecule has 0 aliphatic rings. The van der Waals surface area contributed by atoms with Crippen molar-refractivity contribution in [3.05, 3.63) is 54.4 Å². The summed E-state index contributed by atoms with van der Waals surface area (Å²) in [4.78, 5) is 12.7. The van der Waals surface area contributed by atoms with E-state index in [1.165, 1.54) is 0 Å². The van der Waals surface area contributed by atoms with E-state index in [4.69, 9.17) is 0 Å². The molecule has 2 aromatic heterocycles. The third-order valence-corrected chi connectivity index (χ3v) is 3.13. The summed E-state index contributed by atoms with van der Waals surface area (Å²) >= 11 is 0. The molecular weight excluding hydrogens is 264 g/mol. The van der Waals surface area contributed by atoms with Crippen LogP contribution >= 0.6 is 0 Å². The van der Waals surface area contributed by atoms with Crippen molar-refractivity contribution in [3.63, 3.8) is 0 Å². The van der Waals surface area contributed by atoms with Gasteiger partial charge in [-0.1, -0.05) is 12.1 Å². The fraction of sp³-hybridized carbons (Fsp3) is 0.200. The Labute approximate surface area is 122 Å². The van der Waals surface area contributed by atoms with Gasteiger partial charge in [0.15, 0.2) is 5.82 Å². The molecule has 21 heavy (non-hydrogen) atoms. The van der Waals surface area contributed by atoms with E-state index in [0.717, 1.165) is 22.8 Å². The standard InChI is InChI=1S/C15H16N6/c1-10(14-9-16-6-7-17-14)18-13-5-3-4-12(8-13)15-19-11(2)20-21-15/h3-10,18H,1-2H3,(H,19,20,21). The third kappa shape index (κ3) is 3.05. The zero-order valence-electron chi connectivity index (χ0n) is 11.9. The first-order chi connectivity index (χ1) is 10.2. The van der Waals surface area contributed by atoms with Crippen molar-refractivity contribution in [1.29, 1.82) is 0 Å². The minimum absolute atomic E-state index is 0.0721. The van der Waals surface area contributed by atoms with Crippen LogP contribution < -0.4 is 5.32 Å². The molecule has 106 valence electrons. The smallest absolute Gasteiger partial charge is 0.181 e. The lowest BCUT2D eigenvalue weighted by Gasteiger charge is -2.14. The highest BCUT2D eigenvalue weighted by Crippen LogP contribution is 2.22. The van der Waals surface area contributed by atoms with Crippen LogP contribution in [0.5, 0.6) is 0 Å². The highest BCUT2D eigenvalue weighted by Gasteiger charge is 2.08. The van der Waals surface area contributed by atoms with Crippen LogP contribution in [0, 0.1) is 6.92 Å². The van der Waals surface area contributed by atoms with Gasteiger partial charge in [0.25, 0.3) is 0 Å². The van der Waals surface area contributed by atoms with Gasteiger partial charge < -0.3 is 5.32 Å². The van der Waals surface area contributed by atoms with Crippen molar-refractivity contribution < 1.29 is 0 Å². The van der Waals surface area contributed by atoms with Crippen LogP contribution in [-0.2, 0) is 0 Å². The number of benzene rings is 1. The molecule has 0 amide bonds. The summed E-state index contributed by atoms with van der Waals surface area (Å²) in [6.07, 6.45) is 5.13. The summed E-state index contributed by atoms with van der Waals surface area (Å²) in [5, 5.41) is 10.4. The van der Waals surface area contributed by atoms with Crippen molar-refractivity contribution in [2.45, 2.75) is 19.9 Å². The maximum absolute atomic E-state index is 4.34. The Hall–Kier alpha value is -2.76. The zero-order chi connectivity index (χ0) is 14.7. The minimum Gasteiger partial charge on any atom is -0.377 e. The van der Waals surface area contributed by atoms with Gasteiger partial charge in [-0.2, -0.15) is 5.10 Å². The Kier molecular flexibility index (Phi) is 3.59. The molecule has 2 N–H and O–H groups in total. The Balaban J connectivity index is 1.80. The van der Waals surface area contributed by atoms with E-state index in [9.17, 15) is 0 Å². The molecule has 0 bridgehead atoms. The SMILES string of the molecule is Cc1nc(-c2cccc(NC(C)c3cnccn3)c2)n[nH]1. The second kappa shape index (κ2) is 5.70. The average Bonchev–Trinajstić information content (AvgIpc) is 2.95. The van der Waals surface area contributed by atoms with Crippen LogP contribution in [0.4, 0.5) is 5.69 Å². The normalized spacial score (nSPS) is 12.1. The van der Waals surface area contributed by atoms with E-state index in [1.54, 1.807) is 18.6 Å². The monoisotopic (exact) mass is 280 g/mol. The number of H-pyrrole nitrogens is 1. The van der Waals surface area contributed by atoms with Crippen LogP contribution in [0.2, 0.25) is 0 Å². The van der Waals surface area contributed by atoms with E-state index in [2.05, 4.69) is 30.5 Å². The molecule has 6 nitrogen and oxygen atoms in total. The quantitative estimate of drug-likeness (QED) is 0.768. The molecular formula is C15H16N6. The Morgan fingerprint density at radius 2 is 2.14 bits per heavy atom. The molecule has 0 saturated heterocycles. The highest BCUT2D eigenvalue weighted by molar-refractivity contribution is 5.62. The van der Waals surface area contributed by atoms with Gasteiger partial charge in [0.1, 0.15) is 5.82 Å². The summed E-state index contributed by atoms with van der Waals surface area (Å²) in [6, 6.07) is 8.07. The summed E-state index contributed by atoms with van der Waals surface area (Å²) in [5.74, 6) is 1.50. The first-order valence-corrected chi connectivity index (χ1v) is 6.74. The Bertz CT molecular complexity index is 722. The van der Waals surface area contributed by atoms with Crippen molar-refractivity contribution >= 4 is 5.69 Å².